The molecule has 448 valence electrons. The topological polar surface area (TPSA) is 77.3 Å². The van der Waals surface area contributed by atoms with Gasteiger partial charge in [-0.05, 0) is 159 Å². The molecule has 0 saturated heterocycles. The Balaban J connectivity index is 0.000000147. The molecule has 0 atom stereocenters. The maximum Gasteiger partial charge on any atom is 0.160 e. The fourth-order valence-corrected chi connectivity index (χ4v) is 13.5. The number of fused-ring (bicyclic) bond motifs is 10. The SMILES string of the molecule is c1ccc(-c2nc(-c3cccc(-c4cccnc4)c3)cc(-c3cccc(-c4cc5ccccc5c5ccccc45)c3)n2)cc1.c1cncc(-c2cccc(-c3cc(-c4ccc(-c5ccc6ccccc6c5)cc4)nc(-c4ccc5c6ccccc6c6ccccc6c5c4)n3)c2)c1. The van der Waals surface area contributed by atoms with Gasteiger partial charge < -0.3 is 0 Å². The van der Waals surface area contributed by atoms with Gasteiger partial charge in [-0.15, -0.1) is 0 Å². The highest BCUT2D eigenvalue weighted by atomic mass is 14.9. The Morgan fingerprint density at radius 2 is 0.552 bits per heavy atom. The fourth-order valence-electron chi connectivity index (χ4n) is 13.5. The van der Waals surface area contributed by atoms with Crippen molar-refractivity contribution in [2.24, 2.45) is 0 Å². The Bertz CT molecular complexity index is 5920. The van der Waals surface area contributed by atoms with Crippen molar-refractivity contribution < 1.29 is 0 Å². The van der Waals surface area contributed by atoms with Crippen LogP contribution in [-0.4, -0.2) is 29.9 Å². The highest BCUT2D eigenvalue weighted by molar-refractivity contribution is 6.25. The fraction of sp³-hybridized carbons (Fsp3) is 0. The quantitative estimate of drug-likeness (QED) is 0.127. The maximum absolute atomic E-state index is 5.25. The van der Waals surface area contributed by atoms with Crippen molar-refractivity contribution in [2.75, 3.05) is 0 Å². The van der Waals surface area contributed by atoms with Crippen molar-refractivity contribution >= 4 is 64.6 Å². The van der Waals surface area contributed by atoms with E-state index in [-0.39, 0.29) is 0 Å². The van der Waals surface area contributed by atoms with Crippen LogP contribution in [0.2, 0.25) is 0 Å². The number of nitrogens with zero attached hydrogens (tertiary/aromatic N) is 6. The number of hydrogen-bond acceptors (Lipinski definition) is 6. The molecule has 0 unspecified atom stereocenters. The van der Waals surface area contributed by atoms with Crippen molar-refractivity contribution in [1.29, 1.82) is 0 Å². The van der Waals surface area contributed by atoms with Crippen LogP contribution in [0.4, 0.5) is 0 Å². The third kappa shape index (κ3) is 11.1. The molecule has 18 aromatic rings. The van der Waals surface area contributed by atoms with E-state index in [9.17, 15) is 0 Å². The summed E-state index contributed by atoms with van der Waals surface area (Å²) in [5, 5.41) is 14.9. The molecule has 0 fully saturated rings. The van der Waals surface area contributed by atoms with Gasteiger partial charge in [-0.2, -0.15) is 0 Å². The molecule has 0 saturated carbocycles. The van der Waals surface area contributed by atoms with Crippen LogP contribution in [0, 0.1) is 0 Å². The Morgan fingerprint density at radius 1 is 0.167 bits per heavy atom. The van der Waals surface area contributed by atoms with E-state index < -0.39 is 0 Å². The molecule has 14 aromatic carbocycles. The highest BCUT2D eigenvalue weighted by Gasteiger charge is 2.18. The van der Waals surface area contributed by atoms with Gasteiger partial charge in [0.2, 0.25) is 0 Å². The van der Waals surface area contributed by atoms with Crippen molar-refractivity contribution in [3.63, 3.8) is 0 Å². The summed E-state index contributed by atoms with van der Waals surface area (Å²) >= 11 is 0. The molecule has 6 nitrogen and oxygen atoms in total. The van der Waals surface area contributed by atoms with E-state index in [4.69, 9.17) is 19.9 Å². The minimum atomic E-state index is 0.692. The van der Waals surface area contributed by atoms with E-state index >= 15 is 0 Å². The van der Waals surface area contributed by atoms with E-state index in [0.717, 1.165) is 84.0 Å². The molecule has 0 radical (unpaired) electrons. The lowest BCUT2D eigenvalue weighted by molar-refractivity contribution is 1.18. The Hall–Kier alpha value is -12.9. The van der Waals surface area contributed by atoms with Crippen molar-refractivity contribution in [1.82, 2.24) is 29.9 Å². The monoisotopic (exact) mass is 1220 g/mol. The Labute approximate surface area is 555 Å². The Kier molecular flexibility index (Phi) is 14.8. The molecule has 0 amide bonds. The average Bonchev–Trinajstić information content (AvgIpc) is 0.757. The molecule has 4 aromatic heterocycles. The molecule has 0 N–H and O–H groups in total. The predicted octanol–water partition coefficient (Wildman–Crippen LogP) is 23.3. The summed E-state index contributed by atoms with van der Waals surface area (Å²) in [5.41, 5.74) is 18.7. The third-order valence-corrected chi connectivity index (χ3v) is 18.3. The van der Waals surface area contributed by atoms with Gasteiger partial charge in [-0.3, -0.25) is 9.97 Å². The first-order valence-corrected chi connectivity index (χ1v) is 32.4. The summed E-state index contributed by atoms with van der Waals surface area (Å²) < 4.78 is 0. The maximum atomic E-state index is 5.25. The van der Waals surface area contributed by atoms with Gasteiger partial charge in [0.05, 0.1) is 22.8 Å². The number of aromatic nitrogens is 6. The molecule has 6 heteroatoms. The van der Waals surface area contributed by atoms with E-state index in [1.807, 2.05) is 42.7 Å². The van der Waals surface area contributed by atoms with Crippen LogP contribution in [0.15, 0.2) is 352 Å². The Morgan fingerprint density at radius 3 is 1.12 bits per heavy atom. The molecule has 0 aliphatic heterocycles. The van der Waals surface area contributed by atoms with Gasteiger partial charge >= 0.3 is 0 Å². The van der Waals surface area contributed by atoms with Crippen LogP contribution in [0.5, 0.6) is 0 Å². The summed E-state index contributed by atoms with van der Waals surface area (Å²) in [6.45, 7) is 0. The molecule has 4 heterocycles. The second-order valence-electron chi connectivity index (χ2n) is 24.2. The molecule has 0 bridgehead atoms. The van der Waals surface area contributed by atoms with Crippen LogP contribution in [0.3, 0.4) is 0 Å². The zero-order chi connectivity index (χ0) is 63.7. The van der Waals surface area contributed by atoms with Crippen LogP contribution < -0.4 is 0 Å². The number of benzene rings is 14. The van der Waals surface area contributed by atoms with Gasteiger partial charge in [-0.1, -0.05) is 267 Å². The summed E-state index contributed by atoms with van der Waals surface area (Å²) in [4.78, 5) is 29.3. The first kappa shape index (κ1) is 57.0. The summed E-state index contributed by atoms with van der Waals surface area (Å²) in [6, 6.07) is 116. The molecular formula is C90H58N6. The lowest BCUT2D eigenvalue weighted by atomic mass is 9.92. The van der Waals surface area contributed by atoms with Crippen molar-refractivity contribution in [2.45, 2.75) is 0 Å². The molecule has 0 spiro atoms. The number of hydrogen-bond donors (Lipinski definition) is 0. The molecule has 0 aliphatic carbocycles. The normalized spacial score (nSPS) is 11.3. The van der Waals surface area contributed by atoms with Gasteiger partial charge in [0.25, 0.3) is 0 Å². The van der Waals surface area contributed by atoms with Crippen LogP contribution >= 0.6 is 0 Å². The van der Waals surface area contributed by atoms with Crippen LogP contribution in [0.1, 0.15) is 0 Å². The molecule has 96 heavy (non-hydrogen) atoms. The molecule has 0 aliphatic rings. The highest BCUT2D eigenvalue weighted by Crippen LogP contribution is 2.41. The molecular weight excluding hydrogens is 1170 g/mol. The first-order chi connectivity index (χ1) is 47.5. The van der Waals surface area contributed by atoms with E-state index in [1.165, 1.54) is 81.3 Å². The largest absolute Gasteiger partial charge is 0.264 e. The van der Waals surface area contributed by atoms with Crippen molar-refractivity contribution in [3.05, 3.63) is 352 Å². The second-order valence-corrected chi connectivity index (χ2v) is 24.2. The second kappa shape index (κ2) is 25.0. The van der Waals surface area contributed by atoms with E-state index in [2.05, 4.69) is 307 Å². The molecule has 18 rings (SSSR count). The van der Waals surface area contributed by atoms with Gasteiger partial charge in [0, 0.05) is 69.3 Å². The van der Waals surface area contributed by atoms with E-state index in [1.54, 1.807) is 12.4 Å². The predicted molar refractivity (Wildman–Crippen MR) is 399 cm³/mol. The number of rotatable bonds is 10. The zero-order valence-electron chi connectivity index (χ0n) is 52.2. The standard InChI is InChI=1S/C49H31N3.C41H27N3/c1-2-10-35-27-37(23-20-32(35)9-1)33-18-21-34(22-19-33)47-30-48(38-12-7-11-36(28-38)40-13-8-26-50-31-40)52-49(51-47)39-24-25-45-43-16-4-3-14-41(43)42-15-5-6-17-44(42)46(45)29-39;1-2-11-28(12-3-1)41-43-39(32-16-8-14-29(23-32)34-18-10-22-42-27-34)26-40(44-41)33-17-9-15-30(24-33)38-25-31-13-4-5-19-35(31)36-20-6-7-21-37(36)38/h1-31H;1-27H. The summed E-state index contributed by atoms with van der Waals surface area (Å²) in [7, 11) is 0. The smallest absolute Gasteiger partial charge is 0.160 e. The first-order valence-electron chi connectivity index (χ1n) is 32.4. The summed E-state index contributed by atoms with van der Waals surface area (Å²) in [6.07, 6.45) is 7.39. The van der Waals surface area contributed by atoms with Gasteiger partial charge in [0.15, 0.2) is 11.6 Å². The van der Waals surface area contributed by atoms with Crippen LogP contribution in [0.25, 0.3) is 177 Å². The lowest BCUT2D eigenvalue weighted by Crippen LogP contribution is -1.96. The minimum absolute atomic E-state index is 0.692. The van der Waals surface area contributed by atoms with Gasteiger partial charge in [-0.25, -0.2) is 19.9 Å². The third-order valence-electron chi connectivity index (χ3n) is 18.3. The number of pyridine rings is 2. The lowest BCUT2D eigenvalue weighted by Gasteiger charge is -2.13. The van der Waals surface area contributed by atoms with Gasteiger partial charge in [0.1, 0.15) is 0 Å². The minimum Gasteiger partial charge on any atom is -0.264 e. The van der Waals surface area contributed by atoms with Crippen LogP contribution in [-0.2, 0) is 0 Å². The zero-order valence-corrected chi connectivity index (χ0v) is 52.2. The average molecular weight is 1220 g/mol. The summed E-state index contributed by atoms with van der Waals surface area (Å²) in [5.74, 6) is 1.39. The van der Waals surface area contributed by atoms with Crippen molar-refractivity contribution in [3.8, 4) is 112 Å². The van der Waals surface area contributed by atoms with E-state index in [0.29, 0.717) is 11.6 Å².